The van der Waals surface area contributed by atoms with E-state index in [1.807, 2.05) is 13.8 Å². The van der Waals surface area contributed by atoms with E-state index in [-0.39, 0.29) is 5.60 Å². The average Bonchev–Trinajstić information content (AvgIpc) is 2.44. The van der Waals surface area contributed by atoms with E-state index in [0.717, 1.165) is 25.7 Å². The molecule has 0 bridgehead atoms. The van der Waals surface area contributed by atoms with E-state index in [1.54, 1.807) is 0 Å². The van der Waals surface area contributed by atoms with Gasteiger partial charge in [0, 0.05) is 12.0 Å². The maximum absolute atomic E-state index is 10.7. The highest BCUT2D eigenvalue weighted by Crippen LogP contribution is 2.44. The average molecular weight is 213 g/mol. The lowest BCUT2D eigenvalue weighted by Gasteiger charge is -2.44. The van der Waals surface area contributed by atoms with Gasteiger partial charge in [0.2, 0.25) is 0 Å². The van der Waals surface area contributed by atoms with Crippen molar-refractivity contribution in [2.75, 3.05) is 6.61 Å². The Labute approximate surface area is 92.0 Å². The lowest BCUT2D eigenvalue weighted by atomic mass is 9.68. The van der Waals surface area contributed by atoms with E-state index in [0.29, 0.717) is 13.0 Å². The zero-order valence-electron chi connectivity index (χ0n) is 9.88. The van der Waals surface area contributed by atoms with Crippen LogP contribution in [-0.4, -0.2) is 28.5 Å². The van der Waals surface area contributed by atoms with Crippen molar-refractivity contribution in [3.63, 3.8) is 0 Å². The quantitative estimate of drug-likeness (QED) is 0.695. The summed E-state index contributed by atoms with van der Waals surface area (Å²) in [6, 6.07) is 0. The molecular weight excluding hydrogens is 190 g/mol. The molecule has 3 nitrogen and oxygen atoms in total. The Morgan fingerprint density at radius 3 is 2.20 bits per heavy atom. The molecule has 2 fully saturated rings. The Morgan fingerprint density at radius 2 is 1.73 bits per heavy atom. The molecule has 3 N–H and O–H groups in total. The maximum Gasteiger partial charge on any atom is 0.109 e. The third-order valence-electron chi connectivity index (χ3n) is 4.09. The minimum atomic E-state index is -0.809. The predicted molar refractivity (Wildman–Crippen MR) is 59.6 cm³/mol. The van der Waals surface area contributed by atoms with Crippen molar-refractivity contribution in [2.24, 2.45) is 5.73 Å². The van der Waals surface area contributed by atoms with Crippen LogP contribution >= 0.6 is 0 Å². The van der Waals surface area contributed by atoms with Gasteiger partial charge in [0.25, 0.3) is 0 Å². The van der Waals surface area contributed by atoms with Crippen LogP contribution in [0.25, 0.3) is 0 Å². The molecule has 0 aromatic heterocycles. The predicted octanol–water partition coefficient (Wildman–Crippen LogP) is 1.58. The van der Waals surface area contributed by atoms with E-state index < -0.39 is 11.1 Å². The highest BCUT2D eigenvalue weighted by Gasteiger charge is 2.54. The second-order valence-corrected chi connectivity index (χ2v) is 5.97. The molecule has 15 heavy (non-hydrogen) atoms. The molecule has 1 saturated heterocycles. The molecule has 0 amide bonds. The van der Waals surface area contributed by atoms with Crippen LogP contribution in [0.2, 0.25) is 0 Å². The molecule has 0 radical (unpaired) electrons. The molecule has 88 valence electrons. The molecule has 1 atom stereocenters. The first kappa shape index (κ1) is 11.4. The summed E-state index contributed by atoms with van der Waals surface area (Å²) < 4.78 is 5.64. The molecule has 2 rings (SSSR count). The molecule has 0 spiro atoms. The van der Waals surface area contributed by atoms with Crippen LogP contribution in [0.3, 0.4) is 0 Å². The van der Waals surface area contributed by atoms with Gasteiger partial charge in [-0.15, -0.1) is 0 Å². The summed E-state index contributed by atoms with van der Waals surface area (Å²) >= 11 is 0. The number of ether oxygens (including phenoxy) is 1. The fourth-order valence-corrected chi connectivity index (χ4v) is 3.09. The summed E-state index contributed by atoms with van der Waals surface area (Å²) in [4.78, 5) is 0. The largest absolute Gasteiger partial charge is 0.385 e. The van der Waals surface area contributed by atoms with Crippen LogP contribution in [0, 0.1) is 0 Å². The SMILES string of the molecule is CC1(C)CC(O)(C2(N)CCCCC2)CO1. The van der Waals surface area contributed by atoms with E-state index in [2.05, 4.69) is 0 Å². The van der Waals surface area contributed by atoms with Crippen LogP contribution in [-0.2, 0) is 4.74 Å². The van der Waals surface area contributed by atoms with Crippen LogP contribution in [0.1, 0.15) is 52.4 Å². The Balaban J connectivity index is 2.15. The first-order chi connectivity index (χ1) is 6.87. The van der Waals surface area contributed by atoms with Crippen LogP contribution < -0.4 is 5.73 Å². The second kappa shape index (κ2) is 3.44. The minimum Gasteiger partial charge on any atom is -0.385 e. The van der Waals surface area contributed by atoms with Gasteiger partial charge in [-0.1, -0.05) is 19.3 Å². The molecule has 1 heterocycles. The second-order valence-electron chi connectivity index (χ2n) is 5.97. The topological polar surface area (TPSA) is 55.5 Å². The number of hydrogen-bond donors (Lipinski definition) is 2. The normalized spacial score (nSPS) is 39.2. The first-order valence-corrected chi connectivity index (χ1v) is 6.02. The first-order valence-electron chi connectivity index (χ1n) is 6.02. The van der Waals surface area contributed by atoms with Crippen molar-refractivity contribution in [2.45, 2.75) is 69.1 Å². The van der Waals surface area contributed by atoms with Gasteiger partial charge in [-0.3, -0.25) is 0 Å². The van der Waals surface area contributed by atoms with Crippen LogP contribution in [0.5, 0.6) is 0 Å². The Morgan fingerprint density at radius 1 is 1.13 bits per heavy atom. The Kier molecular flexibility index (Phi) is 2.61. The molecular formula is C12H23NO2. The van der Waals surface area contributed by atoms with Gasteiger partial charge < -0.3 is 15.6 Å². The van der Waals surface area contributed by atoms with Gasteiger partial charge in [-0.2, -0.15) is 0 Å². The number of aliphatic hydroxyl groups is 1. The van der Waals surface area contributed by atoms with E-state index in [9.17, 15) is 5.11 Å². The Bertz CT molecular complexity index is 246. The highest BCUT2D eigenvalue weighted by molar-refractivity contribution is 5.10. The van der Waals surface area contributed by atoms with Gasteiger partial charge in [0.1, 0.15) is 5.60 Å². The molecule has 0 aromatic rings. The van der Waals surface area contributed by atoms with E-state index in [4.69, 9.17) is 10.5 Å². The summed E-state index contributed by atoms with van der Waals surface area (Å²) in [6.45, 7) is 4.45. The molecule has 0 aromatic carbocycles. The zero-order valence-corrected chi connectivity index (χ0v) is 9.88. The smallest absolute Gasteiger partial charge is 0.109 e. The van der Waals surface area contributed by atoms with Crippen molar-refractivity contribution >= 4 is 0 Å². The third kappa shape index (κ3) is 1.93. The molecule has 1 unspecified atom stereocenters. The van der Waals surface area contributed by atoms with Crippen molar-refractivity contribution in [1.82, 2.24) is 0 Å². The molecule has 1 aliphatic heterocycles. The van der Waals surface area contributed by atoms with Crippen molar-refractivity contribution < 1.29 is 9.84 Å². The van der Waals surface area contributed by atoms with Crippen molar-refractivity contribution in [3.05, 3.63) is 0 Å². The Hall–Kier alpha value is -0.120. The molecule has 3 heteroatoms. The maximum atomic E-state index is 10.7. The van der Waals surface area contributed by atoms with Gasteiger partial charge >= 0.3 is 0 Å². The van der Waals surface area contributed by atoms with E-state index in [1.165, 1.54) is 6.42 Å². The van der Waals surface area contributed by atoms with Crippen LogP contribution in [0.15, 0.2) is 0 Å². The molecule has 1 aliphatic carbocycles. The lowest BCUT2D eigenvalue weighted by molar-refractivity contribution is -0.0568. The number of rotatable bonds is 1. The van der Waals surface area contributed by atoms with Gasteiger partial charge in [-0.05, 0) is 26.7 Å². The number of hydrogen-bond acceptors (Lipinski definition) is 3. The zero-order chi connectivity index (χ0) is 11.2. The molecule has 2 aliphatic rings. The fraction of sp³-hybridized carbons (Fsp3) is 1.00. The minimum absolute atomic E-state index is 0.224. The molecule has 1 saturated carbocycles. The van der Waals surface area contributed by atoms with Gasteiger partial charge in [0.15, 0.2) is 0 Å². The standard InChI is InChI=1S/C12H23NO2/c1-10(2)8-12(14,9-15-10)11(13)6-4-3-5-7-11/h14H,3-9,13H2,1-2H3. The summed E-state index contributed by atoms with van der Waals surface area (Å²) in [6.07, 6.45) is 6.06. The number of nitrogens with two attached hydrogens (primary N) is 1. The third-order valence-corrected chi connectivity index (χ3v) is 4.09. The summed E-state index contributed by atoms with van der Waals surface area (Å²) in [5, 5.41) is 10.7. The van der Waals surface area contributed by atoms with Crippen LogP contribution in [0.4, 0.5) is 0 Å². The van der Waals surface area contributed by atoms with E-state index >= 15 is 0 Å². The fourth-order valence-electron chi connectivity index (χ4n) is 3.09. The van der Waals surface area contributed by atoms with Crippen molar-refractivity contribution in [3.8, 4) is 0 Å². The highest BCUT2D eigenvalue weighted by atomic mass is 16.5. The summed E-state index contributed by atoms with van der Waals surface area (Å²) in [7, 11) is 0. The summed E-state index contributed by atoms with van der Waals surface area (Å²) in [5.41, 5.74) is 4.94. The summed E-state index contributed by atoms with van der Waals surface area (Å²) in [5.74, 6) is 0. The van der Waals surface area contributed by atoms with Crippen molar-refractivity contribution in [1.29, 1.82) is 0 Å². The monoisotopic (exact) mass is 213 g/mol. The lowest BCUT2D eigenvalue weighted by Crippen LogP contribution is -2.62. The van der Waals surface area contributed by atoms with Gasteiger partial charge in [0.05, 0.1) is 12.2 Å². The van der Waals surface area contributed by atoms with Gasteiger partial charge in [-0.25, -0.2) is 0 Å².